The molecule has 2 aromatic heterocycles. The average molecular weight is 473 g/mol. The lowest BCUT2D eigenvalue weighted by Gasteiger charge is -2.13. The number of aromatic hydroxyl groups is 1. The molecule has 0 amide bonds. The standard InChI is InChI=1S/C22H18F3N5O2S/c1-13-10-19(14(2)29(13)17-5-3-4-15(11-17)22(23,24)25)20(32)12-33-21-26-27-28-30(21)16-6-8-18(31)9-7-16/h3-11,31H,12H2,1-2H3. The molecule has 0 saturated carbocycles. The largest absolute Gasteiger partial charge is 0.508 e. The predicted octanol–water partition coefficient (Wildman–Crippen LogP) is 4.77. The third-order valence-corrected chi connectivity index (χ3v) is 5.95. The van der Waals surface area contributed by atoms with Crippen LogP contribution in [0.15, 0.2) is 59.8 Å². The molecule has 0 atom stereocenters. The molecule has 0 radical (unpaired) electrons. The van der Waals surface area contributed by atoms with Crippen molar-refractivity contribution in [2.45, 2.75) is 25.2 Å². The summed E-state index contributed by atoms with van der Waals surface area (Å²) in [6.07, 6.45) is -4.46. The van der Waals surface area contributed by atoms with Crippen LogP contribution in [-0.2, 0) is 6.18 Å². The molecule has 4 rings (SSSR count). The number of phenols is 1. The molecule has 11 heteroatoms. The first-order valence-electron chi connectivity index (χ1n) is 9.75. The Hall–Kier alpha value is -3.60. The van der Waals surface area contributed by atoms with Gasteiger partial charge in [-0.2, -0.15) is 17.9 Å². The van der Waals surface area contributed by atoms with Crippen molar-refractivity contribution in [2.24, 2.45) is 0 Å². The van der Waals surface area contributed by atoms with Crippen LogP contribution in [0.5, 0.6) is 5.75 Å². The van der Waals surface area contributed by atoms with Crippen LogP contribution in [0, 0.1) is 13.8 Å². The minimum Gasteiger partial charge on any atom is -0.508 e. The maximum Gasteiger partial charge on any atom is 0.416 e. The van der Waals surface area contributed by atoms with Crippen LogP contribution in [0.3, 0.4) is 0 Å². The van der Waals surface area contributed by atoms with Crippen LogP contribution in [0.2, 0.25) is 0 Å². The third-order valence-electron chi connectivity index (χ3n) is 5.03. The van der Waals surface area contributed by atoms with Crippen molar-refractivity contribution in [3.8, 4) is 17.1 Å². The molecule has 0 aliphatic heterocycles. The molecule has 0 aliphatic rings. The van der Waals surface area contributed by atoms with Gasteiger partial charge in [0.15, 0.2) is 5.78 Å². The van der Waals surface area contributed by atoms with E-state index in [0.717, 1.165) is 23.9 Å². The molecule has 0 bridgehead atoms. The van der Waals surface area contributed by atoms with Crippen molar-refractivity contribution in [1.82, 2.24) is 24.8 Å². The number of phenolic OH excluding ortho intramolecular Hbond substituents is 1. The Morgan fingerprint density at radius 3 is 2.48 bits per heavy atom. The van der Waals surface area contributed by atoms with Gasteiger partial charge in [-0.25, -0.2) is 0 Å². The minimum atomic E-state index is -4.46. The highest BCUT2D eigenvalue weighted by molar-refractivity contribution is 7.99. The van der Waals surface area contributed by atoms with E-state index in [2.05, 4.69) is 15.5 Å². The molecule has 0 unspecified atom stereocenters. The summed E-state index contributed by atoms with van der Waals surface area (Å²) in [5.41, 5.74) is 1.82. The number of aryl methyl sites for hydroxylation is 1. The zero-order valence-corrected chi connectivity index (χ0v) is 18.4. The van der Waals surface area contributed by atoms with Crippen molar-refractivity contribution in [3.63, 3.8) is 0 Å². The van der Waals surface area contributed by atoms with E-state index in [0.29, 0.717) is 33.5 Å². The highest BCUT2D eigenvalue weighted by Gasteiger charge is 2.31. The summed E-state index contributed by atoms with van der Waals surface area (Å²) >= 11 is 1.14. The number of hydrogen-bond donors (Lipinski definition) is 1. The van der Waals surface area contributed by atoms with E-state index in [1.165, 1.54) is 22.9 Å². The van der Waals surface area contributed by atoms with E-state index in [-0.39, 0.29) is 17.3 Å². The fourth-order valence-electron chi connectivity index (χ4n) is 3.50. The first-order chi connectivity index (χ1) is 15.6. The second kappa shape index (κ2) is 8.74. The third kappa shape index (κ3) is 4.63. The lowest BCUT2D eigenvalue weighted by atomic mass is 10.1. The highest BCUT2D eigenvalue weighted by atomic mass is 32.2. The monoisotopic (exact) mass is 473 g/mol. The lowest BCUT2D eigenvalue weighted by molar-refractivity contribution is -0.137. The van der Waals surface area contributed by atoms with Gasteiger partial charge in [-0.3, -0.25) is 4.79 Å². The Bertz CT molecular complexity index is 1310. The number of nitrogens with zero attached hydrogens (tertiary/aromatic N) is 5. The maximum absolute atomic E-state index is 13.1. The minimum absolute atomic E-state index is 0.0331. The fraction of sp³-hybridized carbons (Fsp3) is 0.182. The summed E-state index contributed by atoms with van der Waals surface area (Å²) in [6.45, 7) is 3.44. The number of thioether (sulfide) groups is 1. The number of tetrazole rings is 1. The van der Waals surface area contributed by atoms with Gasteiger partial charge < -0.3 is 9.67 Å². The zero-order valence-electron chi connectivity index (χ0n) is 17.5. The number of rotatable bonds is 6. The second-order valence-corrected chi connectivity index (χ2v) is 8.21. The average Bonchev–Trinajstić information content (AvgIpc) is 3.36. The van der Waals surface area contributed by atoms with E-state index in [1.807, 2.05) is 0 Å². The van der Waals surface area contributed by atoms with Crippen molar-refractivity contribution < 1.29 is 23.1 Å². The van der Waals surface area contributed by atoms with Crippen LogP contribution in [0.1, 0.15) is 27.3 Å². The molecule has 2 heterocycles. The highest BCUT2D eigenvalue weighted by Crippen LogP contribution is 2.32. The van der Waals surface area contributed by atoms with Gasteiger partial charge in [0.1, 0.15) is 5.75 Å². The number of hydrogen-bond acceptors (Lipinski definition) is 6. The summed E-state index contributed by atoms with van der Waals surface area (Å²) < 4.78 is 42.5. The van der Waals surface area contributed by atoms with Crippen LogP contribution < -0.4 is 0 Å². The van der Waals surface area contributed by atoms with Gasteiger partial charge in [0.25, 0.3) is 0 Å². The molecule has 1 N–H and O–H groups in total. The van der Waals surface area contributed by atoms with E-state index in [1.54, 1.807) is 42.7 Å². The van der Waals surface area contributed by atoms with Gasteiger partial charge in [-0.15, -0.1) is 5.10 Å². The summed E-state index contributed by atoms with van der Waals surface area (Å²) in [5, 5.41) is 21.3. The van der Waals surface area contributed by atoms with E-state index < -0.39 is 11.7 Å². The van der Waals surface area contributed by atoms with Gasteiger partial charge in [0.2, 0.25) is 5.16 Å². The Kier molecular flexibility index (Phi) is 5.98. The van der Waals surface area contributed by atoms with Gasteiger partial charge in [0.05, 0.1) is 17.0 Å². The molecule has 7 nitrogen and oxygen atoms in total. The van der Waals surface area contributed by atoms with Crippen LogP contribution in [0.25, 0.3) is 11.4 Å². The number of aromatic nitrogens is 5. The first kappa shape index (κ1) is 22.6. The smallest absolute Gasteiger partial charge is 0.416 e. The normalized spacial score (nSPS) is 11.7. The maximum atomic E-state index is 13.1. The molecular formula is C22H18F3N5O2S. The van der Waals surface area contributed by atoms with Crippen LogP contribution in [-0.4, -0.2) is 41.4 Å². The molecular weight excluding hydrogens is 455 g/mol. The molecule has 0 aliphatic carbocycles. The number of benzene rings is 2. The molecule has 170 valence electrons. The molecule has 0 fully saturated rings. The predicted molar refractivity (Wildman–Crippen MR) is 116 cm³/mol. The van der Waals surface area contributed by atoms with Crippen molar-refractivity contribution in [3.05, 3.63) is 77.1 Å². The topological polar surface area (TPSA) is 85.8 Å². The Balaban J connectivity index is 1.56. The molecule has 2 aromatic carbocycles. The quantitative estimate of drug-likeness (QED) is 0.321. The molecule has 4 aromatic rings. The SMILES string of the molecule is Cc1cc(C(=O)CSc2nnnn2-c2ccc(O)cc2)c(C)n1-c1cccc(C(F)(F)F)c1. The Morgan fingerprint density at radius 2 is 1.79 bits per heavy atom. The molecule has 0 saturated heterocycles. The number of ketones is 1. The van der Waals surface area contributed by atoms with E-state index in [4.69, 9.17) is 0 Å². The van der Waals surface area contributed by atoms with Crippen LogP contribution >= 0.6 is 11.8 Å². The number of halogens is 3. The fourth-order valence-corrected chi connectivity index (χ4v) is 4.27. The summed E-state index contributed by atoms with van der Waals surface area (Å²) in [5.74, 6) is -0.0652. The van der Waals surface area contributed by atoms with Gasteiger partial charge in [-0.05, 0) is 72.8 Å². The molecule has 33 heavy (non-hydrogen) atoms. The van der Waals surface area contributed by atoms with Crippen molar-refractivity contribution in [2.75, 3.05) is 5.75 Å². The number of carbonyl (C=O) groups excluding carboxylic acids is 1. The van der Waals surface area contributed by atoms with Gasteiger partial charge in [-0.1, -0.05) is 17.8 Å². The van der Waals surface area contributed by atoms with Crippen molar-refractivity contribution in [1.29, 1.82) is 0 Å². The van der Waals surface area contributed by atoms with Crippen molar-refractivity contribution >= 4 is 17.5 Å². The number of carbonyl (C=O) groups is 1. The van der Waals surface area contributed by atoms with Crippen LogP contribution in [0.4, 0.5) is 13.2 Å². The van der Waals surface area contributed by atoms with Gasteiger partial charge >= 0.3 is 6.18 Å². The van der Waals surface area contributed by atoms with E-state index in [9.17, 15) is 23.1 Å². The summed E-state index contributed by atoms with van der Waals surface area (Å²) in [6, 6.07) is 12.9. The second-order valence-electron chi connectivity index (χ2n) is 7.27. The summed E-state index contributed by atoms with van der Waals surface area (Å²) in [7, 11) is 0. The van der Waals surface area contributed by atoms with E-state index >= 15 is 0 Å². The molecule has 0 spiro atoms. The van der Waals surface area contributed by atoms with Gasteiger partial charge in [0, 0.05) is 22.6 Å². The number of Topliss-reactive ketones (excluding diaryl/α,β-unsaturated/α-hetero) is 1. The lowest BCUT2D eigenvalue weighted by Crippen LogP contribution is -2.08. The Morgan fingerprint density at radius 1 is 1.06 bits per heavy atom. The zero-order chi connectivity index (χ0) is 23.8. The first-order valence-corrected chi connectivity index (χ1v) is 10.7. The summed E-state index contributed by atoms with van der Waals surface area (Å²) in [4.78, 5) is 13.0. The number of alkyl halides is 3. The Labute approximate surface area is 190 Å².